The van der Waals surface area contributed by atoms with Crippen LogP contribution < -0.4 is 10.9 Å². The van der Waals surface area contributed by atoms with E-state index in [1.807, 2.05) is 18.2 Å². The highest BCUT2D eigenvalue weighted by atomic mass is 16.5. The van der Waals surface area contributed by atoms with Gasteiger partial charge in [-0.25, -0.2) is 4.79 Å². The first kappa shape index (κ1) is 17.2. The molecule has 3 rings (SSSR count). The van der Waals surface area contributed by atoms with Crippen LogP contribution in [0.3, 0.4) is 0 Å². The molecular weight excluding hydrogens is 332 g/mol. The van der Waals surface area contributed by atoms with Crippen LogP contribution in [0, 0.1) is 0 Å². The maximum Gasteiger partial charge on any atom is 0.339 e. The van der Waals surface area contributed by atoms with E-state index in [9.17, 15) is 14.4 Å². The Morgan fingerprint density at radius 1 is 1.00 bits per heavy atom. The minimum absolute atomic E-state index is 0.246. The first-order chi connectivity index (χ1) is 12.6. The van der Waals surface area contributed by atoms with Gasteiger partial charge in [0.25, 0.3) is 11.5 Å². The summed E-state index contributed by atoms with van der Waals surface area (Å²) in [4.78, 5) is 39.1. The third-order valence-corrected chi connectivity index (χ3v) is 3.83. The van der Waals surface area contributed by atoms with Gasteiger partial charge in [-0.3, -0.25) is 9.59 Å². The number of esters is 1. The predicted octanol–water partition coefficient (Wildman–Crippen LogP) is 3.08. The van der Waals surface area contributed by atoms with Crippen molar-refractivity contribution in [3.63, 3.8) is 0 Å². The van der Waals surface area contributed by atoms with Crippen LogP contribution in [0.25, 0.3) is 11.1 Å². The molecule has 0 aliphatic carbocycles. The van der Waals surface area contributed by atoms with E-state index in [0.29, 0.717) is 16.8 Å². The zero-order valence-electron chi connectivity index (χ0n) is 14.0. The minimum atomic E-state index is -0.549. The molecule has 6 heteroatoms. The second-order valence-electron chi connectivity index (χ2n) is 5.49. The monoisotopic (exact) mass is 348 g/mol. The molecule has 26 heavy (non-hydrogen) atoms. The Bertz CT molecular complexity index is 1010. The summed E-state index contributed by atoms with van der Waals surface area (Å²) in [6.07, 6.45) is 1.34. The van der Waals surface area contributed by atoms with Crippen LogP contribution in [0.1, 0.15) is 20.7 Å². The van der Waals surface area contributed by atoms with Crippen molar-refractivity contribution in [3.05, 3.63) is 88.3 Å². The molecule has 1 heterocycles. The van der Waals surface area contributed by atoms with Crippen LogP contribution in [-0.2, 0) is 4.74 Å². The number of para-hydroxylation sites is 1. The number of H-pyrrole nitrogens is 1. The molecule has 0 radical (unpaired) electrons. The highest BCUT2D eigenvalue weighted by Gasteiger charge is 2.15. The highest BCUT2D eigenvalue weighted by Crippen LogP contribution is 2.19. The Hall–Kier alpha value is -3.67. The van der Waals surface area contributed by atoms with Gasteiger partial charge in [0.2, 0.25) is 0 Å². The molecule has 0 saturated heterocycles. The lowest BCUT2D eigenvalue weighted by molar-refractivity contribution is 0.0602. The van der Waals surface area contributed by atoms with Gasteiger partial charge < -0.3 is 15.0 Å². The Morgan fingerprint density at radius 2 is 1.69 bits per heavy atom. The van der Waals surface area contributed by atoms with Crippen molar-refractivity contribution in [1.29, 1.82) is 0 Å². The van der Waals surface area contributed by atoms with Crippen LogP contribution >= 0.6 is 0 Å². The lowest BCUT2D eigenvalue weighted by Crippen LogP contribution is -2.18. The molecular formula is C20H16N2O4. The number of aromatic nitrogens is 1. The molecule has 2 aromatic carbocycles. The number of nitrogens with one attached hydrogen (secondary N) is 2. The second-order valence-corrected chi connectivity index (χ2v) is 5.49. The fourth-order valence-corrected chi connectivity index (χ4v) is 2.52. The molecule has 3 aromatic rings. The van der Waals surface area contributed by atoms with E-state index in [2.05, 4.69) is 10.3 Å². The zero-order chi connectivity index (χ0) is 18.5. The van der Waals surface area contributed by atoms with Gasteiger partial charge in [-0.2, -0.15) is 0 Å². The van der Waals surface area contributed by atoms with Crippen molar-refractivity contribution < 1.29 is 14.3 Å². The normalized spacial score (nSPS) is 10.2. The van der Waals surface area contributed by atoms with E-state index < -0.39 is 11.9 Å². The van der Waals surface area contributed by atoms with Crippen LogP contribution in [0.5, 0.6) is 0 Å². The smallest absolute Gasteiger partial charge is 0.339 e. The van der Waals surface area contributed by atoms with E-state index in [1.165, 1.54) is 19.4 Å². The van der Waals surface area contributed by atoms with Crippen LogP contribution in [0.4, 0.5) is 5.69 Å². The Balaban J connectivity index is 1.93. The summed E-state index contributed by atoms with van der Waals surface area (Å²) in [6, 6.07) is 17.1. The number of methoxy groups -OCH3 is 1. The number of hydrogen-bond acceptors (Lipinski definition) is 4. The minimum Gasteiger partial charge on any atom is -0.465 e. The first-order valence-corrected chi connectivity index (χ1v) is 7.87. The lowest BCUT2D eigenvalue weighted by Gasteiger charge is -2.10. The quantitative estimate of drug-likeness (QED) is 0.709. The third-order valence-electron chi connectivity index (χ3n) is 3.83. The number of hydrogen-bond donors (Lipinski definition) is 2. The number of aromatic amines is 1. The van der Waals surface area contributed by atoms with Gasteiger partial charge in [-0.1, -0.05) is 42.5 Å². The summed E-state index contributed by atoms with van der Waals surface area (Å²) in [5, 5.41) is 2.68. The molecule has 130 valence electrons. The predicted molar refractivity (Wildman–Crippen MR) is 98.2 cm³/mol. The molecule has 0 saturated carbocycles. The standard InChI is InChI=1S/C20H16N2O4/c1-26-20(25)15-9-5-6-10-17(15)22-18(23)14-11-16(19(24)21-12-14)13-7-3-2-4-8-13/h2-12H,1H3,(H,21,24)(H,22,23). The number of pyridine rings is 1. The van der Waals surface area contributed by atoms with Gasteiger partial charge in [0, 0.05) is 11.8 Å². The van der Waals surface area contributed by atoms with Crippen LogP contribution in [0.2, 0.25) is 0 Å². The molecule has 0 bridgehead atoms. The van der Waals surface area contributed by atoms with E-state index in [1.54, 1.807) is 36.4 Å². The van der Waals surface area contributed by atoms with Gasteiger partial charge in [0.15, 0.2) is 0 Å². The summed E-state index contributed by atoms with van der Waals surface area (Å²) < 4.78 is 4.72. The third kappa shape index (κ3) is 3.54. The van der Waals surface area contributed by atoms with Gasteiger partial charge in [0.1, 0.15) is 0 Å². The number of carbonyl (C=O) groups is 2. The van der Waals surface area contributed by atoms with E-state index in [0.717, 1.165) is 0 Å². The van der Waals surface area contributed by atoms with E-state index in [-0.39, 0.29) is 16.7 Å². The number of ether oxygens (including phenoxy) is 1. The van der Waals surface area contributed by atoms with Gasteiger partial charge in [0.05, 0.1) is 23.9 Å². The van der Waals surface area contributed by atoms with E-state index >= 15 is 0 Å². The molecule has 0 unspecified atom stereocenters. The molecule has 0 atom stereocenters. The van der Waals surface area contributed by atoms with Crippen molar-refractivity contribution in [3.8, 4) is 11.1 Å². The number of benzene rings is 2. The fourth-order valence-electron chi connectivity index (χ4n) is 2.52. The van der Waals surface area contributed by atoms with E-state index in [4.69, 9.17) is 4.74 Å². The van der Waals surface area contributed by atoms with Crippen molar-refractivity contribution in [1.82, 2.24) is 4.98 Å². The van der Waals surface area contributed by atoms with Crippen molar-refractivity contribution in [2.45, 2.75) is 0 Å². The first-order valence-electron chi connectivity index (χ1n) is 7.87. The van der Waals surface area contributed by atoms with Crippen molar-refractivity contribution in [2.24, 2.45) is 0 Å². The lowest BCUT2D eigenvalue weighted by atomic mass is 10.1. The average Bonchev–Trinajstić information content (AvgIpc) is 2.68. The molecule has 0 fully saturated rings. The fraction of sp³-hybridized carbons (Fsp3) is 0.0500. The number of anilines is 1. The summed E-state index contributed by atoms with van der Waals surface area (Å²) in [6.45, 7) is 0. The van der Waals surface area contributed by atoms with Gasteiger partial charge >= 0.3 is 5.97 Å². The second kappa shape index (κ2) is 7.48. The largest absolute Gasteiger partial charge is 0.465 e. The SMILES string of the molecule is COC(=O)c1ccccc1NC(=O)c1c[nH]c(=O)c(-c2ccccc2)c1. The van der Waals surface area contributed by atoms with Crippen LogP contribution in [0.15, 0.2) is 71.7 Å². The van der Waals surface area contributed by atoms with Crippen molar-refractivity contribution in [2.75, 3.05) is 12.4 Å². The van der Waals surface area contributed by atoms with Crippen LogP contribution in [-0.4, -0.2) is 24.0 Å². The number of rotatable bonds is 4. The van der Waals surface area contributed by atoms with Crippen molar-refractivity contribution >= 4 is 17.6 Å². The maximum atomic E-state index is 12.6. The Kier molecular flexibility index (Phi) is 4.94. The van der Waals surface area contributed by atoms with Gasteiger partial charge in [-0.15, -0.1) is 0 Å². The Labute approximate surface area is 149 Å². The highest BCUT2D eigenvalue weighted by molar-refractivity contribution is 6.08. The molecule has 1 amide bonds. The summed E-state index contributed by atoms with van der Waals surface area (Å²) in [7, 11) is 1.27. The molecule has 0 spiro atoms. The average molecular weight is 348 g/mol. The Morgan fingerprint density at radius 3 is 2.42 bits per heavy atom. The number of amides is 1. The van der Waals surface area contributed by atoms with Gasteiger partial charge in [-0.05, 0) is 23.8 Å². The molecule has 1 aromatic heterocycles. The molecule has 6 nitrogen and oxygen atoms in total. The summed E-state index contributed by atoms with van der Waals surface area (Å²) in [5.74, 6) is -0.998. The maximum absolute atomic E-state index is 12.6. The molecule has 2 N–H and O–H groups in total. The topological polar surface area (TPSA) is 88.3 Å². The summed E-state index contributed by atoms with van der Waals surface area (Å²) in [5.41, 5.74) is 1.65. The molecule has 0 aliphatic rings. The number of carbonyl (C=O) groups excluding carboxylic acids is 2. The molecule has 0 aliphatic heterocycles. The summed E-state index contributed by atoms with van der Waals surface area (Å²) >= 11 is 0. The zero-order valence-corrected chi connectivity index (χ0v) is 14.0.